The zero-order valence-corrected chi connectivity index (χ0v) is 14.0. The van der Waals surface area contributed by atoms with E-state index in [4.69, 9.17) is 9.47 Å². The second-order valence-corrected chi connectivity index (χ2v) is 6.04. The van der Waals surface area contributed by atoms with Crippen LogP contribution < -0.4 is 0 Å². The Bertz CT molecular complexity index is 388. The Morgan fingerprint density at radius 2 is 1.86 bits per heavy atom. The maximum absolute atomic E-state index is 9.19. The molecule has 1 aromatic rings. The highest BCUT2D eigenvalue weighted by Crippen LogP contribution is 2.24. The van der Waals surface area contributed by atoms with E-state index in [2.05, 4.69) is 4.98 Å². The average molecular weight is 313 g/mol. The lowest BCUT2D eigenvalue weighted by molar-refractivity contribution is 0.117. The second kappa shape index (κ2) is 12.0. The summed E-state index contributed by atoms with van der Waals surface area (Å²) in [6, 6.07) is 2.02. The van der Waals surface area contributed by atoms with Gasteiger partial charge in [-0.1, -0.05) is 0 Å². The standard InChI is InChI=1S/C16H27NO3S/c1-14-15(13-18)17-8-7-16(14)21-12-6-5-11-20-10-4-3-9-19-2/h7-8,18H,3-6,9-13H2,1-2H3. The number of pyridine rings is 1. The number of aliphatic hydroxyl groups excluding tert-OH is 1. The molecule has 0 aromatic carbocycles. The number of aliphatic hydroxyl groups is 1. The summed E-state index contributed by atoms with van der Waals surface area (Å²) in [7, 11) is 1.73. The average Bonchev–Trinajstić information content (AvgIpc) is 2.50. The molecule has 0 spiro atoms. The highest BCUT2D eigenvalue weighted by atomic mass is 32.2. The second-order valence-electron chi connectivity index (χ2n) is 4.91. The molecule has 0 aliphatic heterocycles. The lowest BCUT2D eigenvalue weighted by Crippen LogP contribution is -1.99. The summed E-state index contributed by atoms with van der Waals surface area (Å²) in [4.78, 5) is 5.38. The highest BCUT2D eigenvalue weighted by molar-refractivity contribution is 7.99. The fourth-order valence-electron chi connectivity index (χ4n) is 1.92. The van der Waals surface area contributed by atoms with Crippen molar-refractivity contribution in [2.24, 2.45) is 0 Å². The van der Waals surface area contributed by atoms with Crippen LogP contribution in [0.1, 0.15) is 36.9 Å². The largest absolute Gasteiger partial charge is 0.390 e. The maximum Gasteiger partial charge on any atom is 0.0856 e. The van der Waals surface area contributed by atoms with E-state index in [9.17, 15) is 5.11 Å². The molecule has 0 saturated carbocycles. The first-order chi connectivity index (χ1) is 10.3. The normalized spacial score (nSPS) is 11.0. The van der Waals surface area contributed by atoms with E-state index in [1.54, 1.807) is 13.3 Å². The molecule has 1 N–H and O–H groups in total. The minimum absolute atomic E-state index is 0.0111. The first-order valence-electron chi connectivity index (χ1n) is 7.54. The number of unbranched alkanes of at least 4 members (excludes halogenated alkanes) is 2. The summed E-state index contributed by atoms with van der Waals surface area (Å²) in [5, 5.41) is 9.19. The summed E-state index contributed by atoms with van der Waals surface area (Å²) in [6.45, 7) is 4.52. The topological polar surface area (TPSA) is 51.6 Å². The number of methoxy groups -OCH3 is 1. The van der Waals surface area contributed by atoms with Gasteiger partial charge in [0, 0.05) is 38.0 Å². The molecule has 0 aliphatic rings. The monoisotopic (exact) mass is 313 g/mol. The van der Waals surface area contributed by atoms with Crippen LogP contribution in [0.2, 0.25) is 0 Å². The molecule has 120 valence electrons. The Kier molecular flexibility index (Phi) is 10.5. The molecule has 0 atom stereocenters. The Morgan fingerprint density at radius 1 is 1.14 bits per heavy atom. The van der Waals surface area contributed by atoms with Crippen LogP contribution in [0.5, 0.6) is 0 Å². The zero-order valence-electron chi connectivity index (χ0n) is 13.1. The molecule has 0 aliphatic carbocycles. The lowest BCUT2D eigenvalue weighted by Gasteiger charge is -2.08. The van der Waals surface area contributed by atoms with Crippen LogP contribution >= 0.6 is 11.8 Å². The van der Waals surface area contributed by atoms with Crippen LogP contribution in [0.15, 0.2) is 17.2 Å². The van der Waals surface area contributed by atoms with Crippen LogP contribution in [0.4, 0.5) is 0 Å². The van der Waals surface area contributed by atoms with Crippen molar-refractivity contribution in [1.82, 2.24) is 4.98 Å². The maximum atomic E-state index is 9.19. The van der Waals surface area contributed by atoms with Gasteiger partial charge < -0.3 is 14.6 Å². The van der Waals surface area contributed by atoms with Gasteiger partial charge in [-0.25, -0.2) is 0 Å². The third-order valence-electron chi connectivity index (χ3n) is 3.24. The van der Waals surface area contributed by atoms with Gasteiger partial charge in [0.25, 0.3) is 0 Å². The SMILES string of the molecule is COCCCCOCCCCSc1ccnc(CO)c1C. The quantitative estimate of drug-likeness (QED) is 0.474. The number of hydrogen-bond acceptors (Lipinski definition) is 5. The van der Waals surface area contributed by atoms with E-state index in [0.717, 1.165) is 62.5 Å². The summed E-state index contributed by atoms with van der Waals surface area (Å²) in [5.74, 6) is 1.07. The van der Waals surface area contributed by atoms with Crippen LogP contribution in [0, 0.1) is 6.92 Å². The predicted molar refractivity (Wildman–Crippen MR) is 86.8 cm³/mol. The first kappa shape index (κ1) is 18.4. The van der Waals surface area contributed by atoms with Crippen molar-refractivity contribution in [2.75, 3.05) is 32.7 Å². The third kappa shape index (κ3) is 7.81. The number of nitrogens with zero attached hydrogens (tertiary/aromatic N) is 1. The molecule has 1 heterocycles. The van der Waals surface area contributed by atoms with Gasteiger partial charge in [0.1, 0.15) is 0 Å². The third-order valence-corrected chi connectivity index (χ3v) is 4.48. The first-order valence-corrected chi connectivity index (χ1v) is 8.53. The van der Waals surface area contributed by atoms with Crippen molar-refractivity contribution in [1.29, 1.82) is 0 Å². The van der Waals surface area contributed by atoms with Crippen molar-refractivity contribution >= 4 is 11.8 Å². The van der Waals surface area contributed by atoms with Crippen molar-refractivity contribution in [2.45, 2.75) is 44.1 Å². The number of thioether (sulfide) groups is 1. The van der Waals surface area contributed by atoms with E-state index >= 15 is 0 Å². The van der Waals surface area contributed by atoms with E-state index in [-0.39, 0.29) is 6.61 Å². The summed E-state index contributed by atoms with van der Waals surface area (Å²) < 4.78 is 10.6. The fourth-order valence-corrected chi connectivity index (χ4v) is 2.98. The van der Waals surface area contributed by atoms with Crippen LogP contribution in [0.25, 0.3) is 0 Å². The number of rotatable bonds is 12. The van der Waals surface area contributed by atoms with Crippen molar-refractivity contribution in [3.05, 3.63) is 23.5 Å². The van der Waals surface area contributed by atoms with Crippen LogP contribution in [0.3, 0.4) is 0 Å². The Labute approximate surface area is 132 Å². The van der Waals surface area contributed by atoms with Crippen molar-refractivity contribution < 1.29 is 14.6 Å². The highest BCUT2D eigenvalue weighted by Gasteiger charge is 2.04. The van der Waals surface area contributed by atoms with Crippen LogP contribution in [-0.4, -0.2) is 42.8 Å². The molecule has 1 aromatic heterocycles. The van der Waals surface area contributed by atoms with Crippen molar-refractivity contribution in [3.8, 4) is 0 Å². The van der Waals surface area contributed by atoms with Gasteiger partial charge in [0.05, 0.1) is 12.3 Å². The molecule has 5 heteroatoms. The van der Waals surface area contributed by atoms with E-state index in [0.29, 0.717) is 0 Å². The zero-order chi connectivity index (χ0) is 15.3. The smallest absolute Gasteiger partial charge is 0.0856 e. The lowest BCUT2D eigenvalue weighted by atomic mass is 10.2. The van der Waals surface area contributed by atoms with Gasteiger partial charge in [-0.05, 0) is 50.0 Å². The molecule has 0 bridgehead atoms. The molecule has 0 unspecified atom stereocenters. The van der Waals surface area contributed by atoms with Gasteiger partial charge >= 0.3 is 0 Å². The number of ether oxygens (including phenoxy) is 2. The van der Waals surface area contributed by atoms with Gasteiger partial charge in [-0.15, -0.1) is 11.8 Å². The van der Waals surface area contributed by atoms with Gasteiger partial charge in [0.15, 0.2) is 0 Å². The molecular formula is C16H27NO3S. The van der Waals surface area contributed by atoms with Gasteiger partial charge in [0.2, 0.25) is 0 Å². The van der Waals surface area contributed by atoms with E-state index in [1.807, 2.05) is 24.8 Å². The minimum Gasteiger partial charge on any atom is -0.390 e. The van der Waals surface area contributed by atoms with E-state index in [1.165, 1.54) is 4.90 Å². The molecule has 1 rings (SSSR count). The Balaban J connectivity index is 2.04. The van der Waals surface area contributed by atoms with Gasteiger partial charge in [-0.2, -0.15) is 0 Å². The molecule has 4 nitrogen and oxygen atoms in total. The predicted octanol–water partition coefficient (Wildman–Crippen LogP) is 3.20. The molecule has 0 fully saturated rings. The Morgan fingerprint density at radius 3 is 2.57 bits per heavy atom. The number of hydrogen-bond donors (Lipinski definition) is 1. The minimum atomic E-state index is 0.0111. The molecule has 0 saturated heterocycles. The molecule has 0 amide bonds. The van der Waals surface area contributed by atoms with E-state index < -0.39 is 0 Å². The summed E-state index contributed by atoms with van der Waals surface area (Å²) in [5.41, 5.74) is 1.87. The van der Waals surface area contributed by atoms with Crippen molar-refractivity contribution in [3.63, 3.8) is 0 Å². The van der Waals surface area contributed by atoms with Gasteiger partial charge in [-0.3, -0.25) is 4.98 Å². The summed E-state index contributed by atoms with van der Waals surface area (Å²) in [6.07, 6.45) is 6.14. The Hall–Kier alpha value is -0.620. The summed E-state index contributed by atoms with van der Waals surface area (Å²) >= 11 is 1.83. The number of aromatic nitrogens is 1. The van der Waals surface area contributed by atoms with Crippen LogP contribution in [-0.2, 0) is 16.1 Å². The molecule has 0 radical (unpaired) electrons. The fraction of sp³-hybridized carbons (Fsp3) is 0.688. The molecular weight excluding hydrogens is 286 g/mol. The molecule has 21 heavy (non-hydrogen) atoms.